The van der Waals surface area contributed by atoms with Crippen LogP contribution in [0.1, 0.15) is 5.56 Å². The number of benzene rings is 1. The molecular weight excluding hydrogens is 521 g/mol. The second kappa shape index (κ2) is 7.94. The molecule has 0 aromatic heterocycles. The van der Waals surface area contributed by atoms with Crippen molar-refractivity contribution in [2.24, 2.45) is 4.99 Å². The highest BCUT2D eigenvalue weighted by Crippen LogP contribution is 2.59. The number of amidine groups is 1. The molecule has 1 aliphatic rings. The maximum atomic E-state index is 13.7. The minimum absolute atomic E-state index is 0.143. The molecule has 19 heteroatoms. The third kappa shape index (κ3) is 4.81. The average Bonchev–Trinajstić information content (AvgIpc) is 2.99. The Kier molecular flexibility index (Phi) is 6.38. The van der Waals surface area contributed by atoms with Crippen LogP contribution in [-0.2, 0) is 6.18 Å². The molecule has 0 unspecified atom stereocenters. The van der Waals surface area contributed by atoms with Gasteiger partial charge in [-0.3, -0.25) is 10.1 Å². The zero-order valence-electron chi connectivity index (χ0n) is 14.8. The zero-order valence-corrected chi connectivity index (χ0v) is 15.6. The third-order valence-corrected chi connectivity index (χ3v) is 4.89. The summed E-state index contributed by atoms with van der Waals surface area (Å²) in [5.74, 6) is -3.82. The van der Waals surface area contributed by atoms with E-state index in [4.69, 9.17) is 0 Å². The van der Waals surface area contributed by atoms with Crippen molar-refractivity contribution >= 4 is 28.3 Å². The van der Waals surface area contributed by atoms with Gasteiger partial charge in [0.15, 0.2) is 5.17 Å². The van der Waals surface area contributed by atoms with Crippen LogP contribution in [0.15, 0.2) is 33.9 Å². The Bertz CT molecular complexity index is 1010. The van der Waals surface area contributed by atoms with Crippen molar-refractivity contribution in [3.05, 3.63) is 44.6 Å². The number of nitro benzene ring substituents is 1. The smallest absolute Gasteiger partial charge is 0.334 e. The number of aliphatic imine (C=N–C) groups is 1. The zero-order chi connectivity index (χ0) is 25.8. The molecule has 5 nitrogen and oxygen atoms in total. The minimum atomic E-state index is -6.71. The lowest BCUT2D eigenvalue weighted by Crippen LogP contribution is -2.55. The van der Waals surface area contributed by atoms with Crippen LogP contribution in [0.5, 0.6) is 0 Å². The molecule has 1 aromatic rings. The normalized spacial score (nSPS) is 18.8. The molecule has 1 aliphatic heterocycles. The molecule has 184 valence electrons. The Morgan fingerprint density at radius 3 is 1.88 bits per heavy atom. The van der Waals surface area contributed by atoms with E-state index >= 15 is 0 Å². The van der Waals surface area contributed by atoms with Crippen LogP contribution in [0, 0.1) is 10.1 Å². The van der Waals surface area contributed by atoms with Gasteiger partial charge in [-0.1, -0.05) is 11.8 Å². The number of halogens is 13. The van der Waals surface area contributed by atoms with E-state index in [1.54, 1.807) is 0 Å². The monoisotopic (exact) mass is 525 g/mol. The fourth-order valence-corrected chi connectivity index (χ4v) is 3.60. The van der Waals surface area contributed by atoms with Crippen molar-refractivity contribution in [1.82, 2.24) is 0 Å². The highest BCUT2D eigenvalue weighted by molar-refractivity contribution is 8.17. The summed E-state index contributed by atoms with van der Waals surface area (Å²) in [5.41, 5.74) is -10.3. The number of thioether (sulfide) groups is 1. The van der Waals surface area contributed by atoms with Gasteiger partial charge in [0.05, 0.1) is 21.1 Å². The second-order valence-corrected chi connectivity index (χ2v) is 6.97. The van der Waals surface area contributed by atoms with Crippen LogP contribution >= 0.6 is 11.8 Å². The van der Waals surface area contributed by atoms with E-state index in [1.165, 1.54) is 5.32 Å². The number of nitrogens with one attached hydrogen (secondary N) is 1. The predicted molar refractivity (Wildman–Crippen MR) is 85.8 cm³/mol. The maximum absolute atomic E-state index is 13.7. The fourth-order valence-electron chi connectivity index (χ4n) is 2.43. The minimum Gasteiger partial charge on any atom is -0.334 e. The van der Waals surface area contributed by atoms with Gasteiger partial charge in [-0.2, -0.15) is 52.7 Å². The Morgan fingerprint density at radius 2 is 1.48 bits per heavy atom. The summed E-state index contributed by atoms with van der Waals surface area (Å²) in [6, 6.07) is 0.441. The third-order valence-electron chi connectivity index (χ3n) is 3.83. The molecule has 1 N–H and O–H groups in total. The summed E-state index contributed by atoms with van der Waals surface area (Å²) in [7, 11) is 0. The van der Waals surface area contributed by atoms with Crippen molar-refractivity contribution in [1.29, 1.82) is 0 Å². The van der Waals surface area contributed by atoms with E-state index in [-0.39, 0.29) is 12.1 Å². The molecule has 1 heterocycles. The van der Waals surface area contributed by atoms with E-state index in [1.807, 2.05) is 0 Å². The van der Waals surface area contributed by atoms with E-state index in [9.17, 15) is 67.2 Å². The number of hydrogen-bond acceptors (Lipinski definition) is 5. The Hall–Kier alpha value is -2.73. The van der Waals surface area contributed by atoms with Crippen LogP contribution < -0.4 is 5.32 Å². The number of non-ortho nitro benzene ring substituents is 1. The molecule has 0 amide bonds. The lowest BCUT2D eigenvalue weighted by atomic mass is 9.97. The van der Waals surface area contributed by atoms with E-state index in [2.05, 4.69) is 4.99 Å². The van der Waals surface area contributed by atoms with Crippen molar-refractivity contribution in [2.75, 3.05) is 5.32 Å². The number of nitro groups is 1. The van der Waals surface area contributed by atoms with E-state index < -0.39 is 79.8 Å². The predicted octanol–water partition coefficient (Wildman–Crippen LogP) is 6.74. The first kappa shape index (κ1) is 26.5. The number of hydrogen-bond donors (Lipinski definition) is 1. The van der Waals surface area contributed by atoms with Gasteiger partial charge in [0.2, 0.25) is 5.83 Å². The molecular formula is C14H4F13N3O2S. The van der Waals surface area contributed by atoms with Gasteiger partial charge in [0.1, 0.15) is 0 Å². The van der Waals surface area contributed by atoms with Gasteiger partial charge in [0, 0.05) is 12.1 Å². The number of rotatable bonds is 2. The van der Waals surface area contributed by atoms with Crippen LogP contribution in [0.2, 0.25) is 0 Å². The maximum Gasteiger partial charge on any atom is 0.443 e. The van der Waals surface area contributed by atoms with Crippen molar-refractivity contribution < 1.29 is 62.0 Å². The first-order chi connectivity index (χ1) is 14.6. The molecule has 2 rings (SSSR count). The lowest BCUT2D eigenvalue weighted by molar-refractivity contribution is -0.385. The largest absolute Gasteiger partial charge is 0.443 e. The number of alkyl halides is 12. The molecule has 0 bridgehead atoms. The van der Waals surface area contributed by atoms with Gasteiger partial charge in [-0.05, 0) is 6.07 Å². The van der Waals surface area contributed by atoms with Crippen LogP contribution in [0.25, 0.3) is 0 Å². The standard InChI is InChI=1S/C14H4F13N3O2S/c15-7(12(19,20)21)8-10(13(22,23)24,14(25,26)27)29-9(33-8)28-6-2-1-4(30(31)32)3-5(6)11(16,17)18/h1-3H,(H,28,29). The Morgan fingerprint density at radius 1 is 0.970 bits per heavy atom. The van der Waals surface area contributed by atoms with Crippen LogP contribution in [-0.4, -0.2) is 34.2 Å². The topological polar surface area (TPSA) is 67.5 Å². The number of anilines is 1. The van der Waals surface area contributed by atoms with Crippen LogP contribution in [0.4, 0.5) is 68.5 Å². The van der Waals surface area contributed by atoms with Gasteiger partial charge in [0.25, 0.3) is 11.2 Å². The summed E-state index contributed by atoms with van der Waals surface area (Å²) in [6.07, 6.45) is -25.2. The van der Waals surface area contributed by atoms with E-state index in [0.29, 0.717) is 6.07 Å². The molecule has 0 fully saturated rings. The molecule has 0 spiro atoms. The summed E-state index contributed by atoms with van der Waals surface area (Å²) in [5, 5.41) is 10.1. The van der Waals surface area contributed by atoms with Crippen molar-refractivity contribution in [2.45, 2.75) is 30.2 Å². The molecule has 0 saturated carbocycles. The molecule has 0 atom stereocenters. The number of allylic oxidation sites excluding steroid dienone is 1. The first-order valence-electron chi connectivity index (χ1n) is 7.64. The van der Waals surface area contributed by atoms with Gasteiger partial charge < -0.3 is 5.32 Å². The molecule has 1 aromatic carbocycles. The van der Waals surface area contributed by atoms with Crippen molar-refractivity contribution in [3.8, 4) is 0 Å². The van der Waals surface area contributed by atoms with Crippen LogP contribution in [0.3, 0.4) is 0 Å². The first-order valence-corrected chi connectivity index (χ1v) is 8.46. The summed E-state index contributed by atoms with van der Waals surface area (Å²) >= 11 is -1.19. The second-order valence-electron chi connectivity index (χ2n) is 5.98. The Balaban J connectivity index is 2.75. The lowest BCUT2D eigenvalue weighted by Gasteiger charge is -2.31. The SMILES string of the molecule is O=[N+]([O-])c1ccc(NC2=NC(C(F)(F)F)(C(F)(F)F)C(=C(F)C(F)(F)F)S2)c(C(F)(F)F)c1. The Labute approximate surface area is 176 Å². The summed E-state index contributed by atoms with van der Waals surface area (Å²) in [6.45, 7) is 0. The van der Waals surface area contributed by atoms with Gasteiger partial charge >= 0.3 is 24.7 Å². The summed E-state index contributed by atoms with van der Waals surface area (Å²) < 4.78 is 171. The molecule has 33 heavy (non-hydrogen) atoms. The van der Waals surface area contributed by atoms with E-state index in [0.717, 1.165) is 0 Å². The number of nitrogens with zero attached hydrogens (tertiary/aromatic N) is 2. The quantitative estimate of drug-likeness (QED) is 0.264. The van der Waals surface area contributed by atoms with Crippen molar-refractivity contribution in [3.63, 3.8) is 0 Å². The highest BCUT2D eigenvalue weighted by atomic mass is 32.2. The molecule has 0 aliphatic carbocycles. The fraction of sp³-hybridized carbons (Fsp3) is 0.357. The average molecular weight is 525 g/mol. The van der Waals surface area contributed by atoms with Gasteiger partial charge in [-0.15, -0.1) is 0 Å². The summed E-state index contributed by atoms with van der Waals surface area (Å²) in [4.78, 5) is 8.39. The molecule has 0 saturated heterocycles. The van der Waals surface area contributed by atoms with Gasteiger partial charge in [-0.25, -0.2) is 9.38 Å². The molecule has 0 radical (unpaired) electrons. The highest BCUT2D eigenvalue weighted by Gasteiger charge is 2.77.